The monoisotopic (exact) mass is 366 g/mol. The predicted octanol–water partition coefficient (Wildman–Crippen LogP) is 2.99. The van der Waals surface area contributed by atoms with Gasteiger partial charge in [-0.2, -0.15) is 8.78 Å². The number of hydrogen-bond donors (Lipinski definition) is 1. The second-order valence-electron chi connectivity index (χ2n) is 4.80. The first-order valence-corrected chi connectivity index (χ1v) is 7.12. The van der Waals surface area contributed by atoms with E-state index in [1.807, 2.05) is 0 Å². The number of nitrogens with zero attached hydrogens (tertiary/aromatic N) is 1. The van der Waals surface area contributed by atoms with Crippen LogP contribution in [0.25, 0.3) is 0 Å². The van der Waals surface area contributed by atoms with Gasteiger partial charge in [0.1, 0.15) is 11.4 Å². The van der Waals surface area contributed by atoms with Crippen molar-refractivity contribution in [2.24, 2.45) is 0 Å². The number of nitro groups is 1. The van der Waals surface area contributed by atoms with Crippen LogP contribution < -0.4 is 10.1 Å². The van der Waals surface area contributed by atoms with E-state index in [1.54, 1.807) is 0 Å². The van der Waals surface area contributed by atoms with E-state index in [1.165, 1.54) is 42.5 Å². The molecule has 0 atom stereocenters. The number of halogens is 2. The molecule has 0 fully saturated rings. The van der Waals surface area contributed by atoms with Crippen LogP contribution in [-0.4, -0.2) is 30.0 Å². The Balaban J connectivity index is 1.95. The van der Waals surface area contributed by atoms with Gasteiger partial charge in [-0.05, 0) is 24.3 Å². The van der Waals surface area contributed by atoms with Gasteiger partial charge in [0.15, 0.2) is 6.61 Å². The van der Waals surface area contributed by atoms with E-state index in [0.29, 0.717) is 0 Å². The molecule has 0 aliphatic carbocycles. The minimum Gasteiger partial charge on any atom is -0.452 e. The van der Waals surface area contributed by atoms with Gasteiger partial charge in [-0.25, -0.2) is 4.79 Å². The molecule has 26 heavy (non-hydrogen) atoms. The van der Waals surface area contributed by atoms with Crippen molar-refractivity contribution in [2.45, 2.75) is 6.61 Å². The number of benzene rings is 2. The number of carbonyl (C=O) groups excluding carboxylic acids is 2. The molecule has 0 heterocycles. The largest absolute Gasteiger partial charge is 0.452 e. The minimum absolute atomic E-state index is 0.0501. The number of esters is 1. The lowest BCUT2D eigenvalue weighted by molar-refractivity contribution is -0.383. The molecule has 2 aromatic carbocycles. The Morgan fingerprint density at radius 3 is 2.58 bits per heavy atom. The summed E-state index contributed by atoms with van der Waals surface area (Å²) >= 11 is 0. The molecule has 1 amide bonds. The maximum atomic E-state index is 12.2. The van der Waals surface area contributed by atoms with E-state index in [-0.39, 0.29) is 22.7 Å². The van der Waals surface area contributed by atoms with E-state index >= 15 is 0 Å². The molecule has 0 aliphatic heterocycles. The average molecular weight is 366 g/mol. The summed E-state index contributed by atoms with van der Waals surface area (Å²) in [6.07, 6.45) is 0. The molecular formula is C16H12F2N2O6. The summed E-state index contributed by atoms with van der Waals surface area (Å²) in [6.45, 7) is -3.76. The van der Waals surface area contributed by atoms with Crippen molar-refractivity contribution in [2.75, 3.05) is 11.9 Å². The Hall–Kier alpha value is -3.56. The molecule has 0 aromatic heterocycles. The third-order valence-corrected chi connectivity index (χ3v) is 3.00. The van der Waals surface area contributed by atoms with Gasteiger partial charge in [-0.1, -0.05) is 18.2 Å². The molecule has 0 spiro atoms. The molecular weight excluding hydrogens is 354 g/mol. The Morgan fingerprint density at radius 1 is 1.15 bits per heavy atom. The van der Waals surface area contributed by atoms with E-state index in [4.69, 9.17) is 4.74 Å². The second kappa shape index (κ2) is 8.51. The molecule has 0 aliphatic rings. The number of amides is 1. The predicted molar refractivity (Wildman–Crippen MR) is 85.1 cm³/mol. The number of para-hydroxylation sites is 2. The highest BCUT2D eigenvalue weighted by Crippen LogP contribution is 2.23. The van der Waals surface area contributed by atoms with Crippen LogP contribution in [0.5, 0.6) is 5.75 Å². The van der Waals surface area contributed by atoms with Crippen LogP contribution in [-0.2, 0) is 9.53 Å². The third-order valence-electron chi connectivity index (χ3n) is 3.00. The lowest BCUT2D eigenvalue weighted by Gasteiger charge is -2.08. The van der Waals surface area contributed by atoms with Gasteiger partial charge in [-0.3, -0.25) is 14.9 Å². The Morgan fingerprint density at radius 2 is 1.88 bits per heavy atom. The first kappa shape index (κ1) is 18.8. The fourth-order valence-electron chi connectivity index (χ4n) is 1.94. The van der Waals surface area contributed by atoms with Gasteiger partial charge >= 0.3 is 12.6 Å². The van der Waals surface area contributed by atoms with E-state index in [0.717, 1.165) is 6.07 Å². The van der Waals surface area contributed by atoms with Crippen molar-refractivity contribution in [3.05, 3.63) is 64.2 Å². The molecule has 0 radical (unpaired) electrons. The normalized spacial score (nSPS) is 10.3. The van der Waals surface area contributed by atoms with Gasteiger partial charge in [0, 0.05) is 6.07 Å². The Kier molecular flexibility index (Phi) is 6.15. The van der Waals surface area contributed by atoms with Crippen LogP contribution in [0.2, 0.25) is 0 Å². The standard InChI is InChI=1S/C16H12F2N2O6/c17-16(18)26-11-5-3-4-10(8-11)15(22)25-9-14(21)19-12-6-1-2-7-13(12)20(23)24/h1-8,16H,9H2,(H,19,21). The fourth-order valence-corrected chi connectivity index (χ4v) is 1.94. The van der Waals surface area contributed by atoms with Gasteiger partial charge in [0.05, 0.1) is 10.5 Å². The Labute approximate surface area is 145 Å². The van der Waals surface area contributed by atoms with Crippen molar-refractivity contribution >= 4 is 23.3 Å². The molecule has 2 aromatic rings. The number of carbonyl (C=O) groups is 2. The molecule has 1 N–H and O–H groups in total. The smallest absolute Gasteiger partial charge is 0.387 e. The summed E-state index contributed by atoms with van der Waals surface area (Å²) in [5.41, 5.74) is -0.462. The number of alkyl halides is 2. The summed E-state index contributed by atoms with van der Waals surface area (Å²) in [7, 11) is 0. The summed E-state index contributed by atoms with van der Waals surface area (Å²) in [5.74, 6) is -1.98. The van der Waals surface area contributed by atoms with E-state index in [9.17, 15) is 28.5 Å². The SMILES string of the molecule is O=C(COC(=O)c1cccc(OC(F)F)c1)Nc1ccccc1[N+](=O)[O-]. The van der Waals surface area contributed by atoms with Gasteiger partial charge < -0.3 is 14.8 Å². The number of anilines is 1. The zero-order valence-electron chi connectivity index (χ0n) is 13.1. The van der Waals surface area contributed by atoms with Crippen molar-refractivity contribution < 1.29 is 32.8 Å². The van der Waals surface area contributed by atoms with Crippen molar-refractivity contribution in [3.8, 4) is 5.75 Å². The van der Waals surface area contributed by atoms with Crippen molar-refractivity contribution in [3.63, 3.8) is 0 Å². The summed E-state index contributed by atoms with van der Waals surface area (Å²) in [4.78, 5) is 33.9. The van der Waals surface area contributed by atoms with Crippen molar-refractivity contribution in [1.82, 2.24) is 0 Å². The van der Waals surface area contributed by atoms with Crippen LogP contribution in [0.3, 0.4) is 0 Å². The molecule has 0 bridgehead atoms. The maximum Gasteiger partial charge on any atom is 0.387 e. The number of ether oxygens (including phenoxy) is 2. The van der Waals surface area contributed by atoms with Crippen molar-refractivity contribution in [1.29, 1.82) is 0 Å². The van der Waals surface area contributed by atoms with Gasteiger partial charge in [-0.15, -0.1) is 0 Å². The number of nitrogens with one attached hydrogen (secondary N) is 1. The molecule has 2 rings (SSSR count). The third kappa shape index (κ3) is 5.23. The summed E-state index contributed by atoms with van der Waals surface area (Å²) in [5, 5.41) is 13.1. The van der Waals surface area contributed by atoms with E-state index < -0.39 is 30.0 Å². The highest BCUT2D eigenvalue weighted by atomic mass is 19.3. The van der Waals surface area contributed by atoms with Crippen LogP contribution in [0.1, 0.15) is 10.4 Å². The fraction of sp³-hybridized carbons (Fsp3) is 0.125. The highest BCUT2D eigenvalue weighted by Gasteiger charge is 2.16. The van der Waals surface area contributed by atoms with Crippen LogP contribution in [0.4, 0.5) is 20.2 Å². The zero-order chi connectivity index (χ0) is 19.1. The van der Waals surface area contributed by atoms with Crippen LogP contribution >= 0.6 is 0 Å². The first-order chi connectivity index (χ1) is 12.4. The summed E-state index contributed by atoms with van der Waals surface area (Å²) < 4.78 is 33.2. The molecule has 10 heteroatoms. The quantitative estimate of drug-likeness (QED) is 0.458. The lowest BCUT2D eigenvalue weighted by Crippen LogP contribution is -2.21. The number of hydrogen-bond acceptors (Lipinski definition) is 6. The molecule has 0 unspecified atom stereocenters. The lowest BCUT2D eigenvalue weighted by atomic mass is 10.2. The molecule has 136 valence electrons. The molecule has 0 saturated carbocycles. The summed E-state index contributed by atoms with van der Waals surface area (Å²) in [6, 6.07) is 10.3. The highest BCUT2D eigenvalue weighted by molar-refractivity contribution is 5.96. The average Bonchev–Trinajstić information content (AvgIpc) is 2.59. The second-order valence-corrected chi connectivity index (χ2v) is 4.80. The maximum absolute atomic E-state index is 12.2. The topological polar surface area (TPSA) is 108 Å². The van der Waals surface area contributed by atoms with Gasteiger partial charge in [0.25, 0.3) is 11.6 Å². The first-order valence-electron chi connectivity index (χ1n) is 7.12. The number of nitro benzene ring substituents is 1. The molecule has 8 nitrogen and oxygen atoms in total. The zero-order valence-corrected chi connectivity index (χ0v) is 13.1. The Bertz CT molecular complexity index is 828. The van der Waals surface area contributed by atoms with Crippen LogP contribution in [0, 0.1) is 10.1 Å². The number of rotatable bonds is 7. The van der Waals surface area contributed by atoms with E-state index in [2.05, 4.69) is 10.1 Å². The van der Waals surface area contributed by atoms with Crippen LogP contribution in [0.15, 0.2) is 48.5 Å². The van der Waals surface area contributed by atoms with Gasteiger partial charge in [0.2, 0.25) is 0 Å². The minimum atomic E-state index is -3.05. The molecule has 0 saturated heterocycles.